The summed E-state index contributed by atoms with van der Waals surface area (Å²) in [5.74, 6) is -0.140. The topological polar surface area (TPSA) is 61.8 Å². The zero-order valence-electron chi connectivity index (χ0n) is 17.9. The van der Waals surface area contributed by atoms with E-state index in [0.717, 1.165) is 40.5 Å². The van der Waals surface area contributed by atoms with Crippen LogP contribution in [0.1, 0.15) is 41.5 Å². The van der Waals surface area contributed by atoms with Crippen LogP contribution in [-0.4, -0.2) is 33.2 Å². The number of anilines is 1. The zero-order chi connectivity index (χ0) is 21.4. The molecule has 156 valence electrons. The molecule has 1 saturated carbocycles. The van der Waals surface area contributed by atoms with Gasteiger partial charge in [-0.3, -0.25) is 14.5 Å². The van der Waals surface area contributed by atoms with E-state index in [-0.39, 0.29) is 24.3 Å². The number of nitrogens with one attached hydrogen (secondary N) is 1. The maximum Gasteiger partial charge on any atom is 0.242 e. The second-order valence-electron chi connectivity index (χ2n) is 8.28. The monoisotopic (exact) mass is 421 g/mol. The lowest BCUT2D eigenvalue weighted by atomic mass is 10.1. The fourth-order valence-corrected chi connectivity index (χ4v) is 4.72. The molecule has 2 aromatic rings. The second-order valence-corrected chi connectivity index (χ2v) is 9.45. The van der Waals surface area contributed by atoms with Crippen LogP contribution in [0.15, 0.2) is 41.4 Å². The van der Waals surface area contributed by atoms with E-state index in [1.807, 2.05) is 55.1 Å². The molecule has 0 spiro atoms. The van der Waals surface area contributed by atoms with Crippen molar-refractivity contribution in [2.45, 2.75) is 58.2 Å². The fourth-order valence-electron chi connectivity index (χ4n) is 3.51. The largest absolute Gasteiger partial charge is 0.326 e. The molecule has 0 bridgehead atoms. The van der Waals surface area contributed by atoms with Crippen molar-refractivity contribution in [1.29, 1.82) is 0 Å². The summed E-state index contributed by atoms with van der Waals surface area (Å²) in [6.45, 7) is 8.09. The minimum atomic E-state index is -0.430. The third-order valence-corrected chi connectivity index (χ3v) is 6.78. The highest BCUT2D eigenvalue weighted by Gasteiger charge is 2.46. The quantitative estimate of drug-likeness (QED) is 0.735. The van der Waals surface area contributed by atoms with Crippen LogP contribution < -0.4 is 5.32 Å². The number of amides is 2. The Morgan fingerprint density at radius 2 is 1.80 bits per heavy atom. The molecule has 6 heteroatoms. The molecule has 5 nitrogen and oxygen atoms in total. The van der Waals surface area contributed by atoms with Crippen molar-refractivity contribution < 1.29 is 9.59 Å². The smallest absolute Gasteiger partial charge is 0.242 e. The van der Waals surface area contributed by atoms with Crippen LogP contribution in [0.4, 0.5) is 11.4 Å². The minimum Gasteiger partial charge on any atom is -0.326 e. The highest BCUT2D eigenvalue weighted by atomic mass is 32.2. The Kier molecular flexibility index (Phi) is 5.69. The van der Waals surface area contributed by atoms with Crippen LogP contribution in [-0.2, 0) is 9.59 Å². The number of nitrogens with zero attached hydrogens (tertiary/aromatic N) is 2. The Hall–Kier alpha value is -2.60. The summed E-state index contributed by atoms with van der Waals surface area (Å²) in [6.07, 6.45) is 2.14. The first-order chi connectivity index (χ1) is 14.3. The normalized spacial score (nSPS) is 20.1. The fraction of sp³-hybridized carbons (Fsp3) is 0.375. The maximum absolute atomic E-state index is 13.1. The Morgan fingerprint density at radius 1 is 1.07 bits per heavy atom. The molecule has 2 aromatic carbocycles. The van der Waals surface area contributed by atoms with Gasteiger partial charge in [0.1, 0.15) is 5.25 Å². The van der Waals surface area contributed by atoms with Crippen LogP contribution in [0.3, 0.4) is 0 Å². The summed E-state index contributed by atoms with van der Waals surface area (Å²) in [6, 6.07) is 12.3. The van der Waals surface area contributed by atoms with Gasteiger partial charge in [0.15, 0.2) is 5.17 Å². The summed E-state index contributed by atoms with van der Waals surface area (Å²) in [4.78, 5) is 32.3. The molecule has 2 aliphatic rings. The average molecular weight is 422 g/mol. The van der Waals surface area contributed by atoms with Crippen molar-refractivity contribution in [3.8, 4) is 0 Å². The predicted molar refractivity (Wildman–Crippen MR) is 123 cm³/mol. The van der Waals surface area contributed by atoms with Crippen LogP contribution in [0, 0.1) is 27.7 Å². The van der Waals surface area contributed by atoms with Gasteiger partial charge in [-0.15, -0.1) is 0 Å². The molecule has 1 N–H and O–H groups in total. The lowest BCUT2D eigenvalue weighted by Crippen LogP contribution is -2.35. The van der Waals surface area contributed by atoms with E-state index in [1.165, 1.54) is 22.9 Å². The standard InChI is InChI=1S/C24H27N3O2S/c1-14-5-6-16(3)20(11-14)26-22(28)13-21-23(29)27(19-9-10-19)24(30-21)25-18-8-7-15(2)17(4)12-18/h5-8,11-12,19,21H,9-10,13H2,1-4H3,(H,26,28). The van der Waals surface area contributed by atoms with Gasteiger partial charge in [-0.1, -0.05) is 30.0 Å². The van der Waals surface area contributed by atoms with Gasteiger partial charge >= 0.3 is 0 Å². The van der Waals surface area contributed by atoms with Crippen molar-refractivity contribution >= 4 is 40.1 Å². The molecule has 1 unspecified atom stereocenters. The Bertz CT molecular complexity index is 1040. The number of carbonyl (C=O) groups is 2. The van der Waals surface area contributed by atoms with Crippen molar-refractivity contribution in [2.75, 3.05) is 5.32 Å². The Balaban J connectivity index is 1.51. The van der Waals surface area contributed by atoms with E-state index in [2.05, 4.69) is 19.2 Å². The Morgan fingerprint density at radius 3 is 2.50 bits per heavy atom. The number of hydrogen-bond donors (Lipinski definition) is 1. The van der Waals surface area contributed by atoms with Crippen LogP contribution in [0.2, 0.25) is 0 Å². The third-order valence-electron chi connectivity index (χ3n) is 5.63. The highest BCUT2D eigenvalue weighted by molar-refractivity contribution is 8.15. The first-order valence-corrected chi connectivity index (χ1v) is 11.2. The molecule has 0 radical (unpaired) electrons. The first kappa shape index (κ1) is 20.7. The summed E-state index contributed by atoms with van der Waals surface area (Å²) >= 11 is 1.41. The molecule has 0 aromatic heterocycles. The minimum absolute atomic E-state index is 0.00111. The summed E-state index contributed by atoms with van der Waals surface area (Å²) < 4.78 is 0. The van der Waals surface area contributed by atoms with E-state index in [4.69, 9.17) is 4.99 Å². The van der Waals surface area contributed by atoms with Crippen LogP contribution in [0.5, 0.6) is 0 Å². The third kappa shape index (κ3) is 4.43. The number of hydrogen-bond acceptors (Lipinski definition) is 4. The number of thioether (sulfide) groups is 1. The van der Waals surface area contributed by atoms with Gasteiger partial charge in [-0.2, -0.15) is 0 Å². The molecule has 1 atom stereocenters. The van der Waals surface area contributed by atoms with Crippen LogP contribution >= 0.6 is 11.8 Å². The molecule has 1 aliphatic heterocycles. The van der Waals surface area contributed by atoms with Crippen molar-refractivity contribution in [2.24, 2.45) is 4.99 Å². The van der Waals surface area contributed by atoms with E-state index < -0.39 is 5.25 Å². The van der Waals surface area contributed by atoms with E-state index in [9.17, 15) is 9.59 Å². The average Bonchev–Trinajstić information content (AvgIpc) is 3.47. The van der Waals surface area contributed by atoms with E-state index >= 15 is 0 Å². The number of aliphatic imine (C=N–C) groups is 1. The molecule has 4 rings (SSSR count). The number of benzene rings is 2. The van der Waals surface area contributed by atoms with Gasteiger partial charge in [-0.05, 0) is 81.0 Å². The number of aryl methyl sites for hydroxylation is 4. The van der Waals surface area contributed by atoms with Gasteiger partial charge in [0.05, 0.1) is 5.69 Å². The highest BCUT2D eigenvalue weighted by Crippen LogP contribution is 2.39. The molecule has 30 heavy (non-hydrogen) atoms. The van der Waals surface area contributed by atoms with Gasteiger partial charge in [0.25, 0.3) is 0 Å². The maximum atomic E-state index is 13.1. The molecule has 2 fully saturated rings. The summed E-state index contributed by atoms with van der Waals surface area (Å²) in [7, 11) is 0. The van der Waals surface area contributed by atoms with Gasteiger partial charge in [0.2, 0.25) is 11.8 Å². The molecular weight excluding hydrogens is 394 g/mol. The molecule has 1 aliphatic carbocycles. The van der Waals surface area contributed by atoms with Crippen molar-refractivity contribution in [3.05, 3.63) is 58.7 Å². The molecule has 1 heterocycles. The van der Waals surface area contributed by atoms with Gasteiger partial charge < -0.3 is 5.32 Å². The van der Waals surface area contributed by atoms with Gasteiger partial charge in [-0.25, -0.2) is 4.99 Å². The molecular formula is C24H27N3O2S. The number of amidine groups is 1. The summed E-state index contributed by atoms with van der Waals surface area (Å²) in [5.41, 5.74) is 6.14. The van der Waals surface area contributed by atoms with E-state index in [1.54, 1.807) is 0 Å². The van der Waals surface area contributed by atoms with Crippen molar-refractivity contribution in [3.63, 3.8) is 0 Å². The van der Waals surface area contributed by atoms with Gasteiger partial charge in [0, 0.05) is 18.2 Å². The lowest BCUT2D eigenvalue weighted by Gasteiger charge is -2.15. The van der Waals surface area contributed by atoms with Crippen molar-refractivity contribution in [1.82, 2.24) is 4.90 Å². The first-order valence-electron chi connectivity index (χ1n) is 10.3. The Labute approximate surface area is 182 Å². The molecule has 1 saturated heterocycles. The zero-order valence-corrected chi connectivity index (χ0v) is 18.7. The summed E-state index contributed by atoms with van der Waals surface area (Å²) in [5, 5.41) is 3.26. The number of carbonyl (C=O) groups excluding carboxylic acids is 2. The number of rotatable bonds is 5. The lowest BCUT2D eigenvalue weighted by molar-refractivity contribution is -0.128. The predicted octanol–water partition coefficient (Wildman–Crippen LogP) is 5.04. The second kappa shape index (κ2) is 8.26. The van der Waals surface area contributed by atoms with E-state index in [0.29, 0.717) is 0 Å². The molecule has 2 amide bonds. The SMILES string of the molecule is Cc1ccc(C)c(NC(=O)CC2SC(=Nc3ccc(C)c(C)c3)N(C3CC3)C2=O)c1. The van der Waals surface area contributed by atoms with Crippen LogP contribution in [0.25, 0.3) is 0 Å².